The molecule has 1 aromatic rings. The molecule has 0 atom stereocenters. The predicted octanol–water partition coefficient (Wildman–Crippen LogP) is 0.891. The number of hydrogen-bond acceptors (Lipinski definition) is 4. The van der Waals surface area contributed by atoms with E-state index in [0.717, 1.165) is 32.7 Å². The van der Waals surface area contributed by atoms with Crippen LogP contribution in [-0.2, 0) is 0 Å². The molecule has 1 heterocycles. The summed E-state index contributed by atoms with van der Waals surface area (Å²) in [5.74, 6) is -0.747. The lowest BCUT2D eigenvalue weighted by atomic mass is 10.1. The number of carbonyl (C=O) groups excluding carboxylic acids is 1. The quantitative estimate of drug-likeness (QED) is 0.847. The Morgan fingerprint density at radius 3 is 2.81 bits per heavy atom. The Morgan fingerprint density at radius 2 is 2.14 bits per heavy atom. The lowest BCUT2D eigenvalue weighted by Gasteiger charge is -2.27. The van der Waals surface area contributed by atoms with Gasteiger partial charge in [0.15, 0.2) is 0 Å². The van der Waals surface area contributed by atoms with Gasteiger partial charge in [-0.05, 0) is 12.1 Å². The largest absolute Gasteiger partial charge is 0.496 e. The van der Waals surface area contributed by atoms with Crippen molar-refractivity contribution in [2.45, 2.75) is 0 Å². The number of nitrogens with one attached hydrogen (secondary N) is 2. The van der Waals surface area contributed by atoms with Crippen molar-refractivity contribution in [2.24, 2.45) is 0 Å². The number of carbonyl (C=O) groups is 1. The maximum atomic E-state index is 13.7. The third-order valence-corrected chi connectivity index (χ3v) is 3.35. The zero-order chi connectivity index (χ0) is 14.4. The van der Waals surface area contributed by atoms with Crippen LogP contribution < -0.4 is 15.4 Å². The normalized spacial score (nSPS) is 15.1. The molecule has 0 bridgehead atoms. The Hall–Kier alpha value is -1.37. The molecule has 0 saturated carbocycles. The fraction of sp³-hybridized carbons (Fsp3) is 0.500. The van der Waals surface area contributed by atoms with Gasteiger partial charge in [-0.1, -0.05) is 6.07 Å². The summed E-state index contributed by atoms with van der Waals surface area (Å²) in [7, 11) is 1.42. The summed E-state index contributed by atoms with van der Waals surface area (Å²) in [6.45, 7) is 5.14. The molecule has 0 radical (unpaired) electrons. The fourth-order valence-electron chi connectivity index (χ4n) is 2.25. The van der Waals surface area contributed by atoms with Crippen molar-refractivity contribution in [2.75, 3.05) is 46.4 Å². The van der Waals surface area contributed by atoms with Crippen LogP contribution in [0, 0.1) is 5.82 Å². The molecule has 1 saturated heterocycles. The molecular formula is C14H21ClFN3O2. The number of rotatable bonds is 5. The Balaban J connectivity index is 0.00000220. The van der Waals surface area contributed by atoms with E-state index in [9.17, 15) is 9.18 Å². The fourth-order valence-corrected chi connectivity index (χ4v) is 2.25. The highest BCUT2D eigenvalue weighted by molar-refractivity contribution is 5.97. The van der Waals surface area contributed by atoms with E-state index < -0.39 is 11.7 Å². The minimum absolute atomic E-state index is 0. The highest BCUT2D eigenvalue weighted by Gasteiger charge is 2.17. The number of ether oxygens (including phenoxy) is 1. The number of hydrogen-bond donors (Lipinski definition) is 2. The van der Waals surface area contributed by atoms with Gasteiger partial charge in [0, 0.05) is 39.3 Å². The molecule has 7 heteroatoms. The van der Waals surface area contributed by atoms with Gasteiger partial charge in [-0.3, -0.25) is 9.69 Å². The second kappa shape index (κ2) is 8.81. The average molecular weight is 318 g/mol. The zero-order valence-electron chi connectivity index (χ0n) is 12.0. The van der Waals surface area contributed by atoms with E-state index in [1.807, 2.05) is 0 Å². The summed E-state index contributed by atoms with van der Waals surface area (Å²) >= 11 is 0. The molecule has 1 aliphatic heterocycles. The van der Waals surface area contributed by atoms with Crippen LogP contribution in [0.2, 0.25) is 0 Å². The summed E-state index contributed by atoms with van der Waals surface area (Å²) in [6, 6.07) is 4.35. The molecule has 2 N–H and O–H groups in total. The number of benzene rings is 1. The molecule has 0 unspecified atom stereocenters. The van der Waals surface area contributed by atoms with E-state index >= 15 is 0 Å². The van der Waals surface area contributed by atoms with Gasteiger partial charge in [0.25, 0.3) is 5.91 Å². The van der Waals surface area contributed by atoms with Crippen LogP contribution in [0.15, 0.2) is 18.2 Å². The molecule has 1 amide bonds. The van der Waals surface area contributed by atoms with Crippen LogP contribution in [0.5, 0.6) is 5.75 Å². The van der Waals surface area contributed by atoms with Crippen molar-refractivity contribution in [3.8, 4) is 5.75 Å². The molecule has 2 rings (SSSR count). The number of halogens is 2. The van der Waals surface area contributed by atoms with Gasteiger partial charge in [-0.2, -0.15) is 0 Å². The molecular weight excluding hydrogens is 297 g/mol. The Kier molecular flexibility index (Phi) is 7.42. The molecule has 0 aromatic heterocycles. The van der Waals surface area contributed by atoms with Crippen molar-refractivity contribution in [3.05, 3.63) is 29.6 Å². The van der Waals surface area contributed by atoms with Crippen LogP contribution in [0.4, 0.5) is 4.39 Å². The van der Waals surface area contributed by atoms with Crippen LogP contribution >= 0.6 is 12.4 Å². The minimum atomic E-state index is -0.566. The molecule has 0 spiro atoms. The standard InChI is InChI=1S/C14H20FN3O2.ClH/c1-20-12-4-2-3-11(15)13(12)14(19)17-7-10-18-8-5-16-6-9-18;/h2-4,16H,5-10H2,1H3,(H,17,19);1H. The third kappa shape index (κ3) is 4.84. The highest BCUT2D eigenvalue weighted by atomic mass is 35.5. The highest BCUT2D eigenvalue weighted by Crippen LogP contribution is 2.20. The van der Waals surface area contributed by atoms with Crippen LogP contribution in [0.3, 0.4) is 0 Å². The van der Waals surface area contributed by atoms with E-state index in [0.29, 0.717) is 6.54 Å². The van der Waals surface area contributed by atoms with E-state index in [1.165, 1.54) is 19.2 Å². The average Bonchev–Trinajstić information content (AvgIpc) is 2.47. The monoisotopic (exact) mass is 317 g/mol. The number of nitrogens with zero attached hydrogens (tertiary/aromatic N) is 1. The summed E-state index contributed by atoms with van der Waals surface area (Å²) in [5.41, 5.74) is -0.0321. The van der Waals surface area contributed by atoms with Gasteiger partial charge in [0.2, 0.25) is 0 Å². The second-order valence-corrected chi connectivity index (χ2v) is 4.66. The predicted molar refractivity (Wildman–Crippen MR) is 81.8 cm³/mol. The molecule has 21 heavy (non-hydrogen) atoms. The van der Waals surface area contributed by atoms with Crippen LogP contribution in [0.25, 0.3) is 0 Å². The second-order valence-electron chi connectivity index (χ2n) is 4.66. The lowest BCUT2D eigenvalue weighted by molar-refractivity contribution is 0.0940. The summed E-state index contributed by atoms with van der Waals surface area (Å²) in [5, 5.41) is 6.01. The maximum Gasteiger partial charge on any atom is 0.258 e. The molecule has 1 aromatic carbocycles. The summed E-state index contributed by atoms with van der Waals surface area (Å²) in [6.07, 6.45) is 0. The topological polar surface area (TPSA) is 53.6 Å². The smallest absolute Gasteiger partial charge is 0.258 e. The first-order valence-corrected chi connectivity index (χ1v) is 6.76. The Labute approximate surface area is 130 Å². The third-order valence-electron chi connectivity index (χ3n) is 3.35. The summed E-state index contributed by atoms with van der Waals surface area (Å²) in [4.78, 5) is 14.3. The van der Waals surface area contributed by atoms with E-state index in [4.69, 9.17) is 4.74 Å². The Morgan fingerprint density at radius 1 is 1.43 bits per heavy atom. The van der Waals surface area contributed by atoms with Gasteiger partial charge in [-0.25, -0.2) is 4.39 Å². The van der Waals surface area contributed by atoms with E-state index in [-0.39, 0.29) is 23.7 Å². The molecule has 1 aliphatic rings. The molecule has 0 aliphatic carbocycles. The lowest BCUT2D eigenvalue weighted by Crippen LogP contribution is -2.46. The molecule has 1 fully saturated rings. The van der Waals surface area contributed by atoms with E-state index in [2.05, 4.69) is 15.5 Å². The van der Waals surface area contributed by atoms with Crippen LogP contribution in [0.1, 0.15) is 10.4 Å². The molecule has 118 valence electrons. The van der Waals surface area contributed by atoms with Crippen LogP contribution in [-0.4, -0.2) is 57.2 Å². The summed E-state index contributed by atoms with van der Waals surface area (Å²) < 4.78 is 18.7. The first-order valence-electron chi connectivity index (χ1n) is 6.76. The maximum absolute atomic E-state index is 13.7. The number of amides is 1. The van der Waals surface area contributed by atoms with Crippen molar-refractivity contribution in [3.63, 3.8) is 0 Å². The Bertz CT molecular complexity index is 468. The van der Waals surface area contributed by atoms with Gasteiger partial charge in [0.1, 0.15) is 17.1 Å². The molecule has 5 nitrogen and oxygen atoms in total. The first kappa shape index (κ1) is 17.7. The first-order chi connectivity index (χ1) is 9.72. The van der Waals surface area contributed by atoms with Gasteiger partial charge in [0.05, 0.1) is 7.11 Å². The van der Waals surface area contributed by atoms with Crippen molar-refractivity contribution in [1.82, 2.24) is 15.5 Å². The number of piperazine rings is 1. The zero-order valence-corrected chi connectivity index (χ0v) is 12.8. The van der Waals surface area contributed by atoms with Gasteiger partial charge in [-0.15, -0.1) is 12.4 Å². The minimum Gasteiger partial charge on any atom is -0.496 e. The van der Waals surface area contributed by atoms with Gasteiger partial charge < -0.3 is 15.4 Å². The van der Waals surface area contributed by atoms with E-state index in [1.54, 1.807) is 6.07 Å². The van der Waals surface area contributed by atoms with Gasteiger partial charge >= 0.3 is 0 Å². The van der Waals surface area contributed by atoms with Crippen molar-refractivity contribution >= 4 is 18.3 Å². The van der Waals surface area contributed by atoms with Crippen molar-refractivity contribution < 1.29 is 13.9 Å². The number of methoxy groups -OCH3 is 1. The SMILES string of the molecule is COc1cccc(F)c1C(=O)NCCN1CCNCC1.Cl. The van der Waals surface area contributed by atoms with Crippen molar-refractivity contribution in [1.29, 1.82) is 0 Å².